The van der Waals surface area contributed by atoms with Crippen molar-refractivity contribution in [3.8, 4) is 11.1 Å². The van der Waals surface area contributed by atoms with Crippen molar-refractivity contribution in [3.63, 3.8) is 0 Å². The van der Waals surface area contributed by atoms with Crippen molar-refractivity contribution in [2.75, 3.05) is 4.90 Å². The van der Waals surface area contributed by atoms with Crippen LogP contribution in [0.2, 0.25) is 0 Å². The number of hydrogen-bond acceptors (Lipinski definition) is 3. The van der Waals surface area contributed by atoms with Crippen LogP contribution in [0.25, 0.3) is 11.1 Å². The SMILES string of the molecule is Cc1ccc(N(c2ccc(C)cc2)c2cccc3c2-c2ccccc2C3(c2ccc(C=O)cc2)c2ccc(C=O)cc2)cc1. The Bertz CT molecular complexity index is 1890. The third-order valence-electron chi connectivity index (χ3n) is 8.83. The Morgan fingerprint density at radius 1 is 0.500 bits per heavy atom. The van der Waals surface area contributed by atoms with Gasteiger partial charge in [0.05, 0.1) is 11.1 Å². The summed E-state index contributed by atoms with van der Waals surface area (Å²) in [6, 6.07) is 48.3. The zero-order valence-electron chi connectivity index (χ0n) is 24.7. The summed E-state index contributed by atoms with van der Waals surface area (Å²) in [5.74, 6) is 0. The lowest BCUT2D eigenvalue weighted by molar-refractivity contribution is 0.111. The Balaban J connectivity index is 1.58. The molecule has 0 N–H and O–H groups in total. The van der Waals surface area contributed by atoms with Crippen LogP contribution in [0.15, 0.2) is 140 Å². The van der Waals surface area contributed by atoms with E-state index >= 15 is 0 Å². The van der Waals surface area contributed by atoms with E-state index in [0.717, 1.165) is 63.0 Å². The quantitative estimate of drug-likeness (QED) is 0.179. The Kier molecular flexibility index (Phi) is 6.79. The molecule has 44 heavy (non-hydrogen) atoms. The van der Waals surface area contributed by atoms with Gasteiger partial charge in [-0.15, -0.1) is 0 Å². The fourth-order valence-electron chi connectivity index (χ4n) is 6.72. The molecule has 0 atom stereocenters. The molecule has 0 bridgehead atoms. The molecule has 0 aromatic heterocycles. The zero-order valence-corrected chi connectivity index (χ0v) is 24.7. The van der Waals surface area contributed by atoms with Gasteiger partial charge in [0.2, 0.25) is 0 Å². The van der Waals surface area contributed by atoms with Crippen molar-refractivity contribution in [1.82, 2.24) is 0 Å². The van der Waals surface area contributed by atoms with Crippen LogP contribution in [0.4, 0.5) is 17.1 Å². The third-order valence-corrected chi connectivity index (χ3v) is 8.83. The number of hydrogen-bond donors (Lipinski definition) is 0. The van der Waals surface area contributed by atoms with Crippen molar-refractivity contribution in [2.45, 2.75) is 19.3 Å². The highest BCUT2D eigenvalue weighted by Crippen LogP contribution is 2.59. The molecular formula is C41H31NO2. The van der Waals surface area contributed by atoms with Gasteiger partial charge in [-0.2, -0.15) is 0 Å². The summed E-state index contributed by atoms with van der Waals surface area (Å²) in [4.78, 5) is 25.6. The lowest BCUT2D eigenvalue weighted by Gasteiger charge is -2.34. The average molecular weight is 570 g/mol. The number of rotatable bonds is 7. The minimum Gasteiger partial charge on any atom is -0.310 e. The first-order valence-corrected chi connectivity index (χ1v) is 14.8. The van der Waals surface area contributed by atoms with E-state index in [9.17, 15) is 9.59 Å². The van der Waals surface area contributed by atoms with Crippen molar-refractivity contribution >= 4 is 29.6 Å². The van der Waals surface area contributed by atoms with Crippen LogP contribution in [-0.2, 0) is 5.41 Å². The molecule has 7 rings (SSSR count). The Labute approximate surface area is 258 Å². The maximum Gasteiger partial charge on any atom is 0.150 e. The number of carbonyl (C=O) groups excluding carboxylic acids is 2. The molecule has 0 saturated heterocycles. The Morgan fingerprint density at radius 3 is 1.48 bits per heavy atom. The van der Waals surface area contributed by atoms with Crippen LogP contribution in [0.3, 0.4) is 0 Å². The van der Waals surface area contributed by atoms with Crippen molar-refractivity contribution in [2.24, 2.45) is 0 Å². The van der Waals surface area contributed by atoms with Gasteiger partial charge < -0.3 is 4.90 Å². The molecule has 1 aliphatic carbocycles. The fraction of sp³-hybridized carbons (Fsp3) is 0.0732. The van der Waals surface area contributed by atoms with Crippen LogP contribution >= 0.6 is 0 Å². The maximum atomic E-state index is 11.6. The topological polar surface area (TPSA) is 37.4 Å². The largest absolute Gasteiger partial charge is 0.310 e. The molecule has 3 heteroatoms. The molecule has 3 nitrogen and oxygen atoms in total. The summed E-state index contributed by atoms with van der Waals surface area (Å²) in [7, 11) is 0. The molecule has 0 spiro atoms. The number of aryl methyl sites for hydroxylation is 2. The van der Waals surface area contributed by atoms with Gasteiger partial charge in [-0.25, -0.2) is 0 Å². The number of fused-ring (bicyclic) bond motifs is 3. The predicted octanol–water partition coefficient (Wildman–Crippen LogP) is 9.76. The zero-order chi connectivity index (χ0) is 30.3. The van der Waals surface area contributed by atoms with Gasteiger partial charge in [0.1, 0.15) is 12.6 Å². The van der Waals surface area contributed by atoms with Crippen molar-refractivity contribution in [3.05, 3.63) is 184 Å². The molecule has 1 aliphatic rings. The maximum absolute atomic E-state index is 11.6. The summed E-state index contributed by atoms with van der Waals surface area (Å²) in [6.07, 6.45) is 1.76. The van der Waals surface area contributed by atoms with Crippen LogP contribution in [-0.4, -0.2) is 12.6 Å². The van der Waals surface area contributed by atoms with Crippen LogP contribution in [0, 0.1) is 13.8 Å². The van der Waals surface area contributed by atoms with Crippen LogP contribution < -0.4 is 4.90 Å². The van der Waals surface area contributed by atoms with E-state index in [2.05, 4.69) is 134 Å². The van der Waals surface area contributed by atoms with Gasteiger partial charge in [-0.3, -0.25) is 9.59 Å². The van der Waals surface area contributed by atoms with Crippen molar-refractivity contribution in [1.29, 1.82) is 0 Å². The summed E-state index contributed by atoms with van der Waals surface area (Å²) in [6.45, 7) is 4.22. The molecular weight excluding hydrogens is 538 g/mol. The number of benzene rings is 6. The second-order valence-corrected chi connectivity index (χ2v) is 11.5. The molecule has 0 fully saturated rings. The van der Waals surface area contributed by atoms with Gasteiger partial charge in [0.15, 0.2) is 0 Å². The van der Waals surface area contributed by atoms with E-state index in [0.29, 0.717) is 11.1 Å². The second kappa shape index (κ2) is 10.9. The molecule has 212 valence electrons. The lowest BCUT2D eigenvalue weighted by Crippen LogP contribution is -2.28. The fourth-order valence-corrected chi connectivity index (χ4v) is 6.72. The first-order chi connectivity index (χ1) is 21.5. The average Bonchev–Trinajstić information content (AvgIpc) is 3.38. The molecule has 0 unspecified atom stereocenters. The summed E-state index contributed by atoms with van der Waals surface area (Å²) in [5, 5.41) is 0. The molecule has 0 radical (unpaired) electrons. The highest BCUT2D eigenvalue weighted by atomic mass is 16.1. The van der Waals surface area contributed by atoms with Gasteiger partial charge in [0.25, 0.3) is 0 Å². The minimum absolute atomic E-state index is 0.630. The van der Waals surface area contributed by atoms with Crippen LogP contribution in [0.1, 0.15) is 54.1 Å². The molecule has 6 aromatic rings. The normalized spacial score (nSPS) is 12.7. The monoisotopic (exact) mass is 569 g/mol. The van der Waals surface area contributed by atoms with Gasteiger partial charge in [-0.1, -0.05) is 120 Å². The summed E-state index contributed by atoms with van der Waals surface area (Å²) < 4.78 is 0. The Morgan fingerprint density at radius 2 is 0.977 bits per heavy atom. The van der Waals surface area contributed by atoms with Crippen molar-refractivity contribution < 1.29 is 9.59 Å². The number of nitrogens with zero attached hydrogens (tertiary/aromatic N) is 1. The first kappa shape index (κ1) is 27.3. The molecule has 0 aliphatic heterocycles. The van der Waals surface area contributed by atoms with E-state index in [4.69, 9.17) is 0 Å². The minimum atomic E-state index is -0.670. The third kappa shape index (κ3) is 4.28. The highest BCUT2D eigenvalue weighted by Gasteiger charge is 2.47. The molecule has 0 saturated carbocycles. The highest BCUT2D eigenvalue weighted by molar-refractivity contribution is 5.97. The van der Waals surface area contributed by atoms with Gasteiger partial charge in [-0.05, 0) is 72.0 Å². The van der Waals surface area contributed by atoms with E-state index in [1.54, 1.807) is 0 Å². The van der Waals surface area contributed by atoms with Gasteiger partial charge in [0, 0.05) is 28.1 Å². The molecule has 0 heterocycles. The number of anilines is 3. The van der Waals surface area contributed by atoms with Gasteiger partial charge >= 0.3 is 0 Å². The number of aldehydes is 2. The lowest BCUT2D eigenvalue weighted by atomic mass is 9.67. The molecule has 0 amide bonds. The summed E-state index contributed by atoms with van der Waals surface area (Å²) >= 11 is 0. The smallest absolute Gasteiger partial charge is 0.150 e. The number of carbonyl (C=O) groups is 2. The van der Waals surface area contributed by atoms with Crippen LogP contribution in [0.5, 0.6) is 0 Å². The van der Waals surface area contributed by atoms with E-state index in [1.165, 1.54) is 11.1 Å². The first-order valence-electron chi connectivity index (χ1n) is 14.8. The Hall–Kier alpha value is -5.54. The van der Waals surface area contributed by atoms with E-state index in [1.807, 2.05) is 24.3 Å². The standard InChI is InChI=1S/C41H31NO2/c1-28-10-22-34(23-11-28)42(35-24-12-29(2)13-25-35)39-9-5-8-38-40(39)36-6-3-4-7-37(36)41(38,32-18-14-30(26-43)15-19-32)33-20-16-31(27-44)17-21-33/h3-27H,1-2H3. The summed E-state index contributed by atoms with van der Waals surface area (Å²) in [5.41, 5.74) is 13.0. The predicted molar refractivity (Wildman–Crippen MR) is 179 cm³/mol. The second-order valence-electron chi connectivity index (χ2n) is 11.5. The molecule has 6 aromatic carbocycles. The van der Waals surface area contributed by atoms with E-state index < -0.39 is 5.41 Å². The van der Waals surface area contributed by atoms with E-state index in [-0.39, 0.29) is 0 Å².